The van der Waals surface area contributed by atoms with Gasteiger partial charge < -0.3 is 16.0 Å². The van der Waals surface area contributed by atoms with Crippen LogP contribution in [-0.2, 0) is 5.41 Å². The van der Waals surface area contributed by atoms with Crippen LogP contribution in [0.15, 0.2) is 59.9 Å². The fourth-order valence-corrected chi connectivity index (χ4v) is 2.94. The second kappa shape index (κ2) is 8.47. The summed E-state index contributed by atoms with van der Waals surface area (Å²) in [7, 11) is 1.76. The number of pyridine rings is 1. The lowest BCUT2D eigenvalue weighted by Gasteiger charge is -2.19. The van der Waals surface area contributed by atoms with E-state index in [-0.39, 0.29) is 11.3 Å². The minimum absolute atomic E-state index is 0.121. The molecule has 1 fully saturated rings. The molecule has 1 aliphatic carbocycles. The summed E-state index contributed by atoms with van der Waals surface area (Å²) in [5.41, 5.74) is 2.17. The van der Waals surface area contributed by atoms with Crippen LogP contribution in [0.5, 0.6) is 0 Å². The molecule has 136 valence electrons. The van der Waals surface area contributed by atoms with Crippen LogP contribution in [0.2, 0.25) is 0 Å². The second-order valence-electron chi connectivity index (χ2n) is 6.50. The highest BCUT2D eigenvalue weighted by atomic mass is 16.1. The van der Waals surface area contributed by atoms with Crippen molar-refractivity contribution in [2.75, 3.05) is 26.7 Å². The monoisotopic (exact) mass is 351 g/mol. The number of hydrogen-bond donors (Lipinski definition) is 3. The molecule has 1 aromatic heterocycles. The zero-order valence-corrected chi connectivity index (χ0v) is 15.0. The summed E-state index contributed by atoms with van der Waals surface area (Å²) in [6.07, 6.45) is 5.60. The molecule has 0 saturated heterocycles. The van der Waals surface area contributed by atoms with Crippen molar-refractivity contribution in [2.45, 2.75) is 18.3 Å². The smallest absolute Gasteiger partial charge is 0.252 e. The van der Waals surface area contributed by atoms with E-state index in [2.05, 4.69) is 50.2 Å². The molecule has 3 N–H and O–H groups in total. The van der Waals surface area contributed by atoms with E-state index in [0.717, 1.165) is 12.5 Å². The summed E-state index contributed by atoms with van der Waals surface area (Å²) in [6.45, 7) is 1.97. The van der Waals surface area contributed by atoms with Crippen LogP contribution in [-0.4, -0.2) is 43.5 Å². The molecule has 0 bridgehead atoms. The Morgan fingerprint density at radius 1 is 1.08 bits per heavy atom. The van der Waals surface area contributed by atoms with Gasteiger partial charge in [-0.25, -0.2) is 0 Å². The number of rotatable bonds is 7. The Labute approximate surface area is 154 Å². The highest BCUT2D eigenvalue weighted by molar-refractivity contribution is 5.93. The zero-order chi connectivity index (χ0) is 18.2. The van der Waals surface area contributed by atoms with Crippen molar-refractivity contribution in [3.05, 3.63) is 66.0 Å². The summed E-state index contributed by atoms with van der Waals surface area (Å²) < 4.78 is 0. The molecular weight excluding hydrogens is 326 g/mol. The van der Waals surface area contributed by atoms with Crippen molar-refractivity contribution in [3.63, 3.8) is 0 Å². The van der Waals surface area contributed by atoms with E-state index >= 15 is 0 Å². The third-order valence-electron chi connectivity index (χ3n) is 4.68. The number of nitrogens with one attached hydrogen (secondary N) is 3. The van der Waals surface area contributed by atoms with Crippen LogP contribution in [0.1, 0.15) is 28.8 Å². The van der Waals surface area contributed by atoms with Crippen LogP contribution in [0.3, 0.4) is 0 Å². The number of amides is 1. The average molecular weight is 351 g/mol. The molecule has 6 heteroatoms. The Morgan fingerprint density at radius 3 is 2.50 bits per heavy atom. The van der Waals surface area contributed by atoms with Gasteiger partial charge in [0.15, 0.2) is 5.96 Å². The maximum atomic E-state index is 12.0. The van der Waals surface area contributed by atoms with E-state index in [1.54, 1.807) is 31.6 Å². The van der Waals surface area contributed by atoms with Gasteiger partial charge in [0.1, 0.15) is 0 Å². The Morgan fingerprint density at radius 2 is 1.85 bits per heavy atom. The van der Waals surface area contributed by atoms with Crippen molar-refractivity contribution >= 4 is 11.9 Å². The van der Waals surface area contributed by atoms with Gasteiger partial charge in [-0.1, -0.05) is 30.3 Å². The van der Waals surface area contributed by atoms with E-state index < -0.39 is 0 Å². The van der Waals surface area contributed by atoms with Gasteiger partial charge in [0.05, 0.1) is 5.56 Å². The van der Waals surface area contributed by atoms with E-state index in [0.29, 0.717) is 18.7 Å². The normalized spacial score (nSPS) is 15.2. The van der Waals surface area contributed by atoms with Gasteiger partial charge >= 0.3 is 0 Å². The van der Waals surface area contributed by atoms with Gasteiger partial charge in [0, 0.05) is 44.5 Å². The Kier molecular flexibility index (Phi) is 5.84. The zero-order valence-electron chi connectivity index (χ0n) is 15.0. The SMILES string of the molecule is CN=C(NCCNC(=O)c1cccnc1)NCC1(c2ccccc2)CC1. The average Bonchev–Trinajstić information content (AvgIpc) is 3.50. The molecule has 1 amide bonds. The number of aromatic nitrogens is 1. The molecule has 26 heavy (non-hydrogen) atoms. The molecule has 0 atom stereocenters. The first-order valence-electron chi connectivity index (χ1n) is 8.92. The standard InChI is InChI=1S/C20H25N5O/c1-21-19(24-13-12-23-18(26)16-6-5-11-22-14-16)25-15-20(9-10-20)17-7-3-2-4-8-17/h2-8,11,14H,9-10,12-13,15H2,1H3,(H,23,26)(H2,21,24,25). The van der Waals surface area contributed by atoms with Crippen LogP contribution in [0, 0.1) is 0 Å². The van der Waals surface area contributed by atoms with Gasteiger partial charge in [0.25, 0.3) is 5.91 Å². The molecule has 0 radical (unpaired) electrons. The molecule has 0 unspecified atom stereocenters. The first-order chi connectivity index (χ1) is 12.7. The van der Waals surface area contributed by atoms with Gasteiger partial charge in [-0.15, -0.1) is 0 Å². The Balaban J connectivity index is 1.40. The van der Waals surface area contributed by atoms with Gasteiger partial charge in [0.2, 0.25) is 0 Å². The molecule has 6 nitrogen and oxygen atoms in total. The van der Waals surface area contributed by atoms with Crippen LogP contribution < -0.4 is 16.0 Å². The lowest BCUT2D eigenvalue weighted by Crippen LogP contribution is -2.44. The third-order valence-corrected chi connectivity index (χ3v) is 4.68. The van der Waals surface area contributed by atoms with E-state index in [4.69, 9.17) is 0 Å². The van der Waals surface area contributed by atoms with E-state index in [1.165, 1.54) is 18.4 Å². The second-order valence-corrected chi connectivity index (χ2v) is 6.50. The lowest BCUT2D eigenvalue weighted by atomic mass is 9.96. The number of carbonyl (C=O) groups is 1. The minimum atomic E-state index is -0.121. The van der Waals surface area contributed by atoms with Gasteiger partial charge in [-0.3, -0.25) is 14.8 Å². The number of guanidine groups is 1. The Bertz CT molecular complexity index is 741. The van der Waals surface area contributed by atoms with Crippen molar-refractivity contribution in [1.82, 2.24) is 20.9 Å². The van der Waals surface area contributed by atoms with E-state index in [9.17, 15) is 4.79 Å². The van der Waals surface area contributed by atoms with Crippen molar-refractivity contribution in [1.29, 1.82) is 0 Å². The van der Waals surface area contributed by atoms with E-state index in [1.807, 2.05) is 6.07 Å². The molecule has 2 aromatic rings. The quantitative estimate of drug-likeness (QED) is 0.403. The predicted octanol–water partition coefficient (Wildman–Crippen LogP) is 1.71. The predicted molar refractivity (Wildman–Crippen MR) is 103 cm³/mol. The number of nitrogens with zero attached hydrogens (tertiary/aromatic N) is 2. The third kappa shape index (κ3) is 4.59. The van der Waals surface area contributed by atoms with Crippen LogP contribution in [0.4, 0.5) is 0 Å². The highest BCUT2D eigenvalue weighted by Crippen LogP contribution is 2.47. The Hall–Kier alpha value is -2.89. The summed E-state index contributed by atoms with van der Waals surface area (Å²) >= 11 is 0. The topological polar surface area (TPSA) is 78.4 Å². The number of hydrogen-bond acceptors (Lipinski definition) is 3. The molecule has 1 saturated carbocycles. The van der Waals surface area contributed by atoms with Gasteiger partial charge in [-0.05, 0) is 30.5 Å². The number of carbonyl (C=O) groups excluding carboxylic acids is 1. The molecule has 1 heterocycles. The number of aliphatic imine (C=N–C) groups is 1. The molecule has 0 spiro atoms. The largest absolute Gasteiger partial charge is 0.356 e. The maximum Gasteiger partial charge on any atom is 0.252 e. The highest BCUT2D eigenvalue weighted by Gasteiger charge is 2.43. The van der Waals surface area contributed by atoms with Crippen LogP contribution in [0.25, 0.3) is 0 Å². The fourth-order valence-electron chi connectivity index (χ4n) is 2.94. The van der Waals surface area contributed by atoms with Crippen molar-refractivity contribution in [2.24, 2.45) is 4.99 Å². The summed E-state index contributed by atoms with van der Waals surface area (Å²) in [4.78, 5) is 20.2. The van der Waals surface area contributed by atoms with Gasteiger partial charge in [-0.2, -0.15) is 0 Å². The summed E-state index contributed by atoms with van der Waals surface area (Å²) in [5.74, 6) is 0.631. The molecule has 1 aliphatic rings. The first kappa shape index (κ1) is 17.9. The lowest BCUT2D eigenvalue weighted by molar-refractivity contribution is 0.0954. The van der Waals surface area contributed by atoms with Crippen LogP contribution >= 0.6 is 0 Å². The molecular formula is C20H25N5O. The molecule has 0 aliphatic heterocycles. The van der Waals surface area contributed by atoms with Crippen molar-refractivity contribution < 1.29 is 4.79 Å². The van der Waals surface area contributed by atoms with Crippen molar-refractivity contribution in [3.8, 4) is 0 Å². The fraction of sp³-hybridized carbons (Fsp3) is 0.350. The minimum Gasteiger partial charge on any atom is -0.356 e. The maximum absolute atomic E-state index is 12.0. The number of benzene rings is 1. The summed E-state index contributed by atoms with van der Waals surface area (Å²) in [6, 6.07) is 14.1. The first-order valence-corrected chi connectivity index (χ1v) is 8.92. The molecule has 3 rings (SSSR count). The molecule has 1 aromatic carbocycles. The summed E-state index contributed by atoms with van der Waals surface area (Å²) in [5, 5.41) is 9.51.